The third-order valence-corrected chi connectivity index (χ3v) is 6.62. The standard InChI is InChI=1S/C19H30N2O5/c1-11(2)9-13-17(3,4)19(13,16(25)26)18(15(24)21-10-22)8-6-5-7-12(18)14(20)23/h9,12-13,22H,5-8,10H2,1-4H3,(H2,20,23)(H,21,24)(H,25,26). The van der Waals surface area contributed by atoms with Gasteiger partial charge in [-0.05, 0) is 32.1 Å². The van der Waals surface area contributed by atoms with Crippen molar-refractivity contribution < 1.29 is 24.6 Å². The van der Waals surface area contributed by atoms with Crippen LogP contribution >= 0.6 is 0 Å². The number of nitrogens with one attached hydrogen (secondary N) is 1. The number of carbonyl (C=O) groups is 3. The van der Waals surface area contributed by atoms with E-state index in [0.29, 0.717) is 19.3 Å². The number of allylic oxidation sites excluding steroid dienone is 2. The molecule has 2 aliphatic carbocycles. The summed E-state index contributed by atoms with van der Waals surface area (Å²) in [4.78, 5) is 38.1. The van der Waals surface area contributed by atoms with E-state index in [0.717, 1.165) is 5.57 Å². The van der Waals surface area contributed by atoms with Gasteiger partial charge >= 0.3 is 5.97 Å². The molecule has 0 aromatic carbocycles. The molecule has 4 atom stereocenters. The van der Waals surface area contributed by atoms with Gasteiger partial charge in [0.2, 0.25) is 11.8 Å². The zero-order valence-corrected chi connectivity index (χ0v) is 16.0. The minimum Gasteiger partial charge on any atom is -0.481 e. The fraction of sp³-hybridized carbons (Fsp3) is 0.737. The van der Waals surface area contributed by atoms with Crippen molar-refractivity contribution in [3.8, 4) is 0 Å². The Morgan fingerprint density at radius 1 is 1.23 bits per heavy atom. The van der Waals surface area contributed by atoms with Crippen molar-refractivity contribution in [2.24, 2.45) is 33.8 Å². The van der Waals surface area contributed by atoms with Crippen LogP contribution in [0.1, 0.15) is 53.4 Å². The molecule has 146 valence electrons. The number of carboxylic acid groups (broad SMARTS) is 1. The molecule has 5 N–H and O–H groups in total. The Hall–Kier alpha value is -1.89. The van der Waals surface area contributed by atoms with Crippen LogP contribution in [0.5, 0.6) is 0 Å². The van der Waals surface area contributed by atoms with E-state index >= 15 is 0 Å². The molecule has 2 rings (SSSR count). The average molecular weight is 366 g/mol. The van der Waals surface area contributed by atoms with Crippen molar-refractivity contribution in [2.75, 3.05) is 6.73 Å². The van der Waals surface area contributed by atoms with Crippen LogP contribution in [0.2, 0.25) is 0 Å². The average Bonchev–Trinajstić information content (AvgIpc) is 3.03. The number of aliphatic hydroxyl groups excluding tert-OH is 1. The van der Waals surface area contributed by atoms with Gasteiger partial charge in [0.1, 0.15) is 6.73 Å². The predicted molar refractivity (Wildman–Crippen MR) is 95.6 cm³/mol. The van der Waals surface area contributed by atoms with E-state index in [1.165, 1.54) is 0 Å². The zero-order chi connectivity index (χ0) is 19.9. The number of aliphatic hydroxyl groups is 1. The van der Waals surface area contributed by atoms with Crippen molar-refractivity contribution >= 4 is 17.8 Å². The second-order valence-electron chi connectivity index (χ2n) is 8.39. The Bertz CT molecular complexity index is 652. The normalized spacial score (nSPS) is 35.3. The first kappa shape index (κ1) is 20.4. The van der Waals surface area contributed by atoms with Gasteiger partial charge in [0.15, 0.2) is 0 Å². The number of rotatable bonds is 6. The number of nitrogens with two attached hydrogens (primary N) is 1. The van der Waals surface area contributed by atoms with E-state index in [-0.39, 0.29) is 6.42 Å². The van der Waals surface area contributed by atoms with Crippen LogP contribution in [-0.4, -0.2) is 34.7 Å². The number of amides is 2. The molecule has 0 spiro atoms. The summed E-state index contributed by atoms with van der Waals surface area (Å²) >= 11 is 0. The Kier molecular flexibility index (Phi) is 5.25. The monoisotopic (exact) mass is 366 g/mol. The number of hydrogen-bond donors (Lipinski definition) is 4. The first-order valence-corrected chi connectivity index (χ1v) is 9.08. The topological polar surface area (TPSA) is 130 Å². The molecule has 2 aliphatic rings. The summed E-state index contributed by atoms with van der Waals surface area (Å²) in [5.41, 5.74) is 2.94. The molecule has 26 heavy (non-hydrogen) atoms. The highest BCUT2D eigenvalue weighted by Crippen LogP contribution is 2.80. The second-order valence-corrected chi connectivity index (χ2v) is 8.39. The summed E-state index contributed by atoms with van der Waals surface area (Å²) < 4.78 is 0. The predicted octanol–water partition coefficient (Wildman–Crippen LogP) is 1.41. The lowest BCUT2D eigenvalue weighted by molar-refractivity contribution is -0.169. The van der Waals surface area contributed by atoms with E-state index in [1.54, 1.807) is 0 Å². The van der Waals surface area contributed by atoms with Gasteiger partial charge < -0.3 is 21.3 Å². The van der Waals surface area contributed by atoms with Crippen LogP contribution < -0.4 is 11.1 Å². The lowest BCUT2D eigenvalue weighted by atomic mass is 9.54. The molecule has 4 unspecified atom stereocenters. The molecule has 2 amide bonds. The first-order valence-electron chi connectivity index (χ1n) is 9.08. The molecule has 0 heterocycles. The van der Waals surface area contributed by atoms with Gasteiger partial charge in [0, 0.05) is 5.92 Å². The van der Waals surface area contributed by atoms with E-state index in [1.807, 2.05) is 33.8 Å². The minimum atomic E-state index is -1.48. The Morgan fingerprint density at radius 2 is 1.85 bits per heavy atom. The fourth-order valence-corrected chi connectivity index (χ4v) is 5.63. The molecule has 0 aliphatic heterocycles. The van der Waals surface area contributed by atoms with Crippen LogP contribution in [0.3, 0.4) is 0 Å². The van der Waals surface area contributed by atoms with Crippen LogP contribution in [0, 0.1) is 28.1 Å². The quantitative estimate of drug-likeness (QED) is 0.417. The smallest absolute Gasteiger partial charge is 0.311 e. The summed E-state index contributed by atoms with van der Waals surface area (Å²) in [6.07, 6.45) is 3.87. The van der Waals surface area contributed by atoms with E-state index in [4.69, 9.17) is 5.73 Å². The van der Waals surface area contributed by atoms with Crippen molar-refractivity contribution in [1.29, 1.82) is 0 Å². The van der Waals surface area contributed by atoms with Gasteiger partial charge in [-0.1, -0.05) is 38.3 Å². The fourth-order valence-electron chi connectivity index (χ4n) is 5.63. The Labute approximate surface area is 154 Å². The maximum absolute atomic E-state index is 13.2. The summed E-state index contributed by atoms with van der Waals surface area (Å²) in [6, 6.07) is 0. The summed E-state index contributed by atoms with van der Waals surface area (Å²) in [5.74, 6) is -3.62. The molecule has 7 heteroatoms. The number of carboxylic acids is 1. The van der Waals surface area contributed by atoms with Crippen LogP contribution in [0.15, 0.2) is 11.6 Å². The van der Waals surface area contributed by atoms with Crippen LogP contribution in [0.25, 0.3) is 0 Å². The third kappa shape index (κ3) is 2.47. The highest BCUT2D eigenvalue weighted by atomic mass is 16.4. The van der Waals surface area contributed by atoms with Crippen molar-refractivity contribution in [3.05, 3.63) is 11.6 Å². The SMILES string of the molecule is CC(C)=CC1C(C)(C)C1(C(=O)O)C1(C(=O)NCO)CCCCC1C(N)=O. The van der Waals surface area contributed by atoms with Gasteiger partial charge in [-0.2, -0.15) is 0 Å². The highest BCUT2D eigenvalue weighted by Gasteiger charge is 2.85. The Balaban J connectivity index is 2.78. The van der Waals surface area contributed by atoms with E-state index < -0.39 is 52.6 Å². The molecule has 0 aromatic rings. The molecular weight excluding hydrogens is 336 g/mol. The van der Waals surface area contributed by atoms with Gasteiger partial charge in [-0.15, -0.1) is 0 Å². The molecule has 0 saturated heterocycles. The van der Waals surface area contributed by atoms with Gasteiger partial charge in [-0.25, -0.2) is 0 Å². The lowest BCUT2D eigenvalue weighted by Crippen LogP contribution is -2.60. The molecule has 2 fully saturated rings. The number of hydrogen-bond acceptors (Lipinski definition) is 4. The molecule has 0 bridgehead atoms. The van der Waals surface area contributed by atoms with Crippen molar-refractivity contribution in [1.82, 2.24) is 5.32 Å². The first-order chi connectivity index (χ1) is 12.0. The maximum atomic E-state index is 13.2. The largest absolute Gasteiger partial charge is 0.481 e. The molecule has 2 saturated carbocycles. The molecular formula is C19H30N2O5. The van der Waals surface area contributed by atoms with Crippen molar-refractivity contribution in [3.63, 3.8) is 0 Å². The maximum Gasteiger partial charge on any atom is 0.311 e. The van der Waals surface area contributed by atoms with Crippen molar-refractivity contribution in [2.45, 2.75) is 53.4 Å². The lowest BCUT2D eigenvalue weighted by Gasteiger charge is -2.47. The van der Waals surface area contributed by atoms with Crippen LogP contribution in [-0.2, 0) is 14.4 Å². The second kappa shape index (κ2) is 6.68. The molecule has 7 nitrogen and oxygen atoms in total. The van der Waals surface area contributed by atoms with Gasteiger partial charge in [-0.3, -0.25) is 14.4 Å². The number of carbonyl (C=O) groups excluding carboxylic acids is 2. The molecule has 0 radical (unpaired) electrons. The van der Waals surface area contributed by atoms with Gasteiger partial charge in [0.25, 0.3) is 0 Å². The summed E-state index contributed by atoms with van der Waals surface area (Å²) in [6.45, 7) is 6.80. The highest BCUT2D eigenvalue weighted by molar-refractivity contribution is 5.98. The van der Waals surface area contributed by atoms with E-state index in [2.05, 4.69) is 5.32 Å². The Morgan fingerprint density at radius 3 is 2.31 bits per heavy atom. The summed E-state index contributed by atoms with van der Waals surface area (Å²) in [7, 11) is 0. The third-order valence-electron chi connectivity index (χ3n) is 6.62. The van der Waals surface area contributed by atoms with E-state index in [9.17, 15) is 24.6 Å². The zero-order valence-electron chi connectivity index (χ0n) is 16.0. The molecule has 0 aromatic heterocycles. The van der Waals surface area contributed by atoms with Crippen LogP contribution in [0.4, 0.5) is 0 Å². The number of primary amides is 1. The minimum absolute atomic E-state index is 0.259. The van der Waals surface area contributed by atoms with Gasteiger partial charge in [0.05, 0.1) is 16.7 Å². The number of aliphatic carboxylic acids is 1. The summed E-state index contributed by atoms with van der Waals surface area (Å²) in [5, 5.41) is 22.0.